The Bertz CT molecular complexity index is 1200. The number of alkyl halides is 3. The second-order valence-electron chi connectivity index (χ2n) is 7.34. The Morgan fingerprint density at radius 1 is 0.853 bits per heavy atom. The normalized spacial score (nSPS) is 11.6. The maximum absolute atomic E-state index is 14.1. The molecule has 3 rings (SSSR count). The summed E-state index contributed by atoms with van der Waals surface area (Å²) in [6, 6.07) is 12.0. The lowest BCUT2D eigenvalue weighted by Crippen LogP contribution is -2.22. The third kappa shape index (κ3) is 5.51. The van der Waals surface area contributed by atoms with E-state index in [1.165, 1.54) is 0 Å². The van der Waals surface area contributed by atoms with Crippen LogP contribution in [0.1, 0.15) is 27.8 Å². The molecule has 0 saturated carbocycles. The number of rotatable bonds is 6. The fourth-order valence-electron chi connectivity index (χ4n) is 3.34. The third-order valence-corrected chi connectivity index (χ3v) is 5.23. The summed E-state index contributed by atoms with van der Waals surface area (Å²) in [5, 5.41) is 2.17. The summed E-state index contributed by atoms with van der Waals surface area (Å²) < 4.78 is 94.0. The Balaban J connectivity index is 1.86. The van der Waals surface area contributed by atoms with E-state index < -0.39 is 53.0 Å². The van der Waals surface area contributed by atoms with E-state index >= 15 is 0 Å². The molecule has 180 valence electrons. The highest BCUT2D eigenvalue weighted by molar-refractivity contribution is 6.30. The summed E-state index contributed by atoms with van der Waals surface area (Å²) in [5.74, 6) is -11.2. The zero-order valence-corrected chi connectivity index (χ0v) is 17.9. The van der Waals surface area contributed by atoms with Gasteiger partial charge in [0.1, 0.15) is 11.3 Å². The van der Waals surface area contributed by atoms with Crippen molar-refractivity contribution in [2.45, 2.75) is 25.6 Å². The van der Waals surface area contributed by atoms with Crippen molar-refractivity contribution in [1.82, 2.24) is 0 Å². The molecule has 0 radical (unpaired) electrons. The number of carbonyl (C=O) groups is 1. The van der Waals surface area contributed by atoms with Crippen LogP contribution in [0.4, 0.5) is 36.4 Å². The monoisotopic (exact) mass is 504 g/mol. The molecule has 34 heavy (non-hydrogen) atoms. The second-order valence-corrected chi connectivity index (χ2v) is 7.78. The molecule has 0 aliphatic heterocycles. The van der Waals surface area contributed by atoms with Crippen LogP contribution < -0.4 is 11.1 Å². The smallest absolute Gasteiger partial charge is 0.326 e. The number of nitrogens with two attached hydrogens (primary N) is 1. The Hall–Kier alpha value is -3.11. The number of hydrogen-bond donors (Lipinski definition) is 2. The van der Waals surface area contributed by atoms with Crippen molar-refractivity contribution in [3.63, 3.8) is 0 Å². The van der Waals surface area contributed by atoms with Gasteiger partial charge in [0.15, 0.2) is 23.3 Å². The number of carbonyl (C=O) groups excluding carboxylic acids is 1. The molecule has 0 heterocycles. The Labute approximate surface area is 194 Å². The van der Waals surface area contributed by atoms with E-state index in [0.29, 0.717) is 22.6 Å². The highest BCUT2D eigenvalue weighted by Gasteiger charge is 2.42. The predicted molar refractivity (Wildman–Crippen MR) is 112 cm³/mol. The van der Waals surface area contributed by atoms with Gasteiger partial charge in [0.05, 0.1) is 6.42 Å². The van der Waals surface area contributed by atoms with Crippen LogP contribution in [0.3, 0.4) is 0 Å². The molecule has 0 aliphatic carbocycles. The van der Waals surface area contributed by atoms with Crippen molar-refractivity contribution in [3.05, 3.63) is 98.6 Å². The van der Waals surface area contributed by atoms with Crippen molar-refractivity contribution in [2.24, 2.45) is 5.73 Å². The number of anilines is 1. The summed E-state index contributed by atoms with van der Waals surface area (Å²) in [7, 11) is 0. The molecule has 11 heteroatoms. The summed E-state index contributed by atoms with van der Waals surface area (Å²) >= 11 is 5.86. The van der Waals surface area contributed by atoms with Gasteiger partial charge in [-0.25, -0.2) is 17.6 Å². The molecule has 0 bridgehead atoms. The quantitative estimate of drug-likeness (QED) is 0.313. The molecule has 0 saturated heterocycles. The largest absolute Gasteiger partial charge is 0.422 e. The molecule has 3 aromatic carbocycles. The van der Waals surface area contributed by atoms with Gasteiger partial charge in [-0.1, -0.05) is 41.9 Å². The van der Waals surface area contributed by atoms with E-state index in [4.69, 9.17) is 17.3 Å². The Kier molecular flexibility index (Phi) is 7.52. The molecular formula is C23H16ClF7N2O. The van der Waals surface area contributed by atoms with E-state index in [1.54, 1.807) is 47.8 Å². The lowest BCUT2D eigenvalue weighted by atomic mass is 9.97. The van der Waals surface area contributed by atoms with Gasteiger partial charge in [-0.3, -0.25) is 4.79 Å². The first kappa shape index (κ1) is 25.5. The highest BCUT2D eigenvalue weighted by Crippen LogP contribution is 2.38. The van der Waals surface area contributed by atoms with Gasteiger partial charge >= 0.3 is 6.18 Å². The van der Waals surface area contributed by atoms with Crippen LogP contribution in [-0.2, 0) is 30.4 Å². The van der Waals surface area contributed by atoms with E-state index in [1.807, 2.05) is 0 Å². The summed E-state index contributed by atoms with van der Waals surface area (Å²) in [4.78, 5) is 12.4. The minimum atomic E-state index is -5.68. The van der Waals surface area contributed by atoms with Crippen molar-refractivity contribution in [1.29, 1.82) is 0 Å². The first-order chi connectivity index (χ1) is 15.9. The van der Waals surface area contributed by atoms with E-state index in [-0.39, 0.29) is 6.54 Å². The van der Waals surface area contributed by atoms with Crippen LogP contribution in [0.2, 0.25) is 5.02 Å². The van der Waals surface area contributed by atoms with Gasteiger partial charge in [0, 0.05) is 11.6 Å². The highest BCUT2D eigenvalue weighted by atomic mass is 35.5. The van der Waals surface area contributed by atoms with Crippen molar-refractivity contribution < 1.29 is 35.5 Å². The molecule has 3 aromatic rings. The van der Waals surface area contributed by atoms with Crippen molar-refractivity contribution in [2.75, 3.05) is 5.32 Å². The average Bonchev–Trinajstić information content (AvgIpc) is 2.76. The van der Waals surface area contributed by atoms with E-state index in [2.05, 4.69) is 0 Å². The SMILES string of the molecule is NCc1ccc(Cc2ccc(Cl)cc2)cc1CC(=O)Nc1c(F)c(F)c(C(F)(F)F)c(F)c1F. The zero-order chi connectivity index (χ0) is 25.2. The van der Waals surface area contributed by atoms with Crippen LogP contribution in [0.15, 0.2) is 42.5 Å². The Morgan fingerprint density at radius 3 is 1.94 bits per heavy atom. The van der Waals surface area contributed by atoms with Crippen LogP contribution in [0, 0.1) is 23.3 Å². The first-order valence-electron chi connectivity index (χ1n) is 9.70. The summed E-state index contributed by atoms with van der Waals surface area (Å²) in [5.41, 5.74) is 3.83. The zero-order valence-electron chi connectivity index (χ0n) is 17.2. The first-order valence-corrected chi connectivity index (χ1v) is 10.1. The molecule has 3 N–H and O–H groups in total. The maximum Gasteiger partial charge on any atom is 0.422 e. The molecule has 0 aliphatic rings. The minimum Gasteiger partial charge on any atom is -0.326 e. The number of amides is 1. The van der Waals surface area contributed by atoms with Gasteiger partial charge in [-0.2, -0.15) is 13.2 Å². The topological polar surface area (TPSA) is 55.1 Å². The maximum atomic E-state index is 14.1. The van der Waals surface area contributed by atoms with E-state index in [9.17, 15) is 35.5 Å². The molecule has 0 atom stereocenters. The lowest BCUT2D eigenvalue weighted by molar-refractivity contribution is -0.143. The van der Waals surface area contributed by atoms with Crippen LogP contribution in [0.5, 0.6) is 0 Å². The predicted octanol–water partition coefficient (Wildman–Crippen LogP) is 6.15. The Morgan fingerprint density at radius 2 is 1.41 bits per heavy atom. The van der Waals surface area contributed by atoms with Gasteiger partial charge in [0.25, 0.3) is 0 Å². The fourth-order valence-corrected chi connectivity index (χ4v) is 3.46. The number of benzene rings is 3. The standard InChI is InChI=1S/C23H16ClF7N2O/c24-15-5-2-11(3-6-15)7-12-1-4-13(10-32)14(8-12)9-16(34)33-22-20(27)18(25)17(23(29,30)31)19(26)21(22)28/h1-6,8H,7,9-10,32H2,(H,33,34). The average molecular weight is 505 g/mol. The van der Waals surface area contributed by atoms with Crippen LogP contribution in [0.25, 0.3) is 0 Å². The van der Waals surface area contributed by atoms with E-state index in [0.717, 1.165) is 11.1 Å². The molecule has 0 unspecified atom stereocenters. The summed E-state index contributed by atoms with van der Waals surface area (Å²) in [6.45, 7) is 0.0100. The van der Waals surface area contributed by atoms with Gasteiger partial charge in [-0.05, 0) is 40.8 Å². The van der Waals surface area contributed by atoms with Gasteiger partial charge < -0.3 is 11.1 Å². The van der Waals surface area contributed by atoms with Gasteiger partial charge in [0.2, 0.25) is 5.91 Å². The van der Waals surface area contributed by atoms with Crippen LogP contribution in [-0.4, -0.2) is 5.91 Å². The van der Waals surface area contributed by atoms with Crippen molar-refractivity contribution in [3.8, 4) is 0 Å². The van der Waals surface area contributed by atoms with Crippen molar-refractivity contribution >= 4 is 23.2 Å². The molecule has 0 aromatic heterocycles. The minimum absolute atomic E-state index is 0.0100. The number of hydrogen-bond acceptors (Lipinski definition) is 2. The number of halogens is 8. The molecule has 0 spiro atoms. The third-order valence-electron chi connectivity index (χ3n) is 4.97. The molecule has 0 fully saturated rings. The molecule has 1 amide bonds. The molecule has 3 nitrogen and oxygen atoms in total. The summed E-state index contributed by atoms with van der Waals surface area (Å²) in [6.07, 6.45) is -5.74. The second kappa shape index (κ2) is 10.0. The fraction of sp³-hybridized carbons (Fsp3) is 0.174. The number of nitrogens with one attached hydrogen (secondary N) is 1. The van der Waals surface area contributed by atoms with Gasteiger partial charge in [-0.15, -0.1) is 0 Å². The van der Waals surface area contributed by atoms with Crippen LogP contribution >= 0.6 is 11.6 Å². The lowest BCUT2D eigenvalue weighted by Gasteiger charge is -2.15. The molecular weight excluding hydrogens is 489 g/mol.